The maximum absolute atomic E-state index is 11.8. The van der Waals surface area contributed by atoms with Crippen molar-refractivity contribution in [2.45, 2.75) is 45.2 Å². The second-order valence-corrected chi connectivity index (χ2v) is 6.24. The van der Waals surface area contributed by atoms with Crippen LogP contribution in [-0.4, -0.2) is 25.1 Å². The summed E-state index contributed by atoms with van der Waals surface area (Å²) in [6, 6.07) is 6.27. The van der Waals surface area contributed by atoms with E-state index in [1.54, 1.807) is 0 Å². The number of amides is 1. The zero-order chi connectivity index (χ0) is 15.1. The minimum Gasteiger partial charge on any atom is -0.483 e. The molecular formula is C16H23BrN2O2. The van der Waals surface area contributed by atoms with E-state index in [9.17, 15) is 4.79 Å². The molecule has 0 bridgehead atoms. The van der Waals surface area contributed by atoms with Crippen LogP contribution in [0, 0.1) is 0 Å². The third-order valence-corrected chi connectivity index (χ3v) is 4.27. The molecule has 4 nitrogen and oxygen atoms in total. The minimum absolute atomic E-state index is 0.0365. The lowest BCUT2D eigenvalue weighted by Gasteiger charge is -2.13. The number of hydrogen-bond donors (Lipinski definition) is 2. The van der Waals surface area contributed by atoms with Crippen LogP contribution >= 0.6 is 15.9 Å². The first kappa shape index (κ1) is 16.3. The fourth-order valence-electron chi connectivity index (χ4n) is 2.52. The fraction of sp³-hybridized carbons (Fsp3) is 0.562. The van der Waals surface area contributed by atoms with Gasteiger partial charge in [-0.25, -0.2) is 0 Å². The number of rotatable bonds is 7. The molecule has 1 amide bonds. The number of halogens is 1. The van der Waals surface area contributed by atoms with Gasteiger partial charge in [0.25, 0.3) is 5.91 Å². The van der Waals surface area contributed by atoms with Crippen LogP contribution in [0.5, 0.6) is 5.75 Å². The molecule has 2 N–H and O–H groups in total. The largest absolute Gasteiger partial charge is 0.483 e. The lowest BCUT2D eigenvalue weighted by molar-refractivity contribution is -0.123. The summed E-state index contributed by atoms with van der Waals surface area (Å²) >= 11 is 3.49. The average Bonchev–Trinajstić information content (AvgIpc) is 2.97. The van der Waals surface area contributed by atoms with Crippen molar-refractivity contribution >= 4 is 21.8 Å². The van der Waals surface area contributed by atoms with E-state index in [2.05, 4.69) is 33.5 Å². The van der Waals surface area contributed by atoms with Gasteiger partial charge in [-0.3, -0.25) is 4.79 Å². The Hall–Kier alpha value is -1.07. The maximum atomic E-state index is 11.8. The number of carbonyl (C=O) groups excluding carboxylic acids is 1. The van der Waals surface area contributed by atoms with Gasteiger partial charge in [-0.2, -0.15) is 0 Å². The Bertz CT molecular complexity index is 473. The first-order valence-electron chi connectivity index (χ1n) is 7.60. The molecule has 0 unspecified atom stereocenters. The van der Waals surface area contributed by atoms with Crippen molar-refractivity contribution in [2.75, 3.05) is 13.2 Å². The molecular weight excluding hydrogens is 332 g/mol. The highest BCUT2D eigenvalue weighted by Crippen LogP contribution is 2.26. The van der Waals surface area contributed by atoms with E-state index < -0.39 is 0 Å². The van der Waals surface area contributed by atoms with Gasteiger partial charge in [0.2, 0.25) is 0 Å². The first-order chi connectivity index (χ1) is 10.2. The summed E-state index contributed by atoms with van der Waals surface area (Å²) in [5, 5.41) is 6.29. The van der Waals surface area contributed by atoms with Crippen LogP contribution in [0.15, 0.2) is 22.7 Å². The van der Waals surface area contributed by atoms with Crippen LogP contribution in [0.25, 0.3) is 0 Å². The van der Waals surface area contributed by atoms with E-state index in [0.29, 0.717) is 11.8 Å². The van der Waals surface area contributed by atoms with E-state index in [0.717, 1.165) is 30.4 Å². The van der Waals surface area contributed by atoms with Gasteiger partial charge in [0, 0.05) is 12.6 Å². The topological polar surface area (TPSA) is 50.4 Å². The van der Waals surface area contributed by atoms with E-state index in [1.807, 2.05) is 18.2 Å². The second-order valence-electron chi connectivity index (χ2n) is 5.38. The molecule has 5 heteroatoms. The van der Waals surface area contributed by atoms with Gasteiger partial charge in [-0.15, -0.1) is 0 Å². The number of nitrogens with one attached hydrogen (secondary N) is 2. The zero-order valence-corrected chi connectivity index (χ0v) is 14.0. The molecule has 0 saturated heterocycles. The predicted molar refractivity (Wildman–Crippen MR) is 87.4 cm³/mol. The molecule has 0 atom stereocenters. The van der Waals surface area contributed by atoms with Gasteiger partial charge in [-0.1, -0.05) is 25.8 Å². The van der Waals surface area contributed by atoms with Gasteiger partial charge in [0.15, 0.2) is 6.61 Å². The van der Waals surface area contributed by atoms with Crippen molar-refractivity contribution in [3.05, 3.63) is 28.2 Å². The summed E-state index contributed by atoms with van der Waals surface area (Å²) in [6.45, 7) is 3.92. The molecule has 1 aromatic rings. The van der Waals surface area contributed by atoms with Crippen molar-refractivity contribution in [1.82, 2.24) is 10.6 Å². The van der Waals surface area contributed by atoms with Crippen molar-refractivity contribution in [3.8, 4) is 5.75 Å². The molecule has 2 rings (SSSR count). The number of hydrogen-bond acceptors (Lipinski definition) is 3. The van der Waals surface area contributed by atoms with E-state index in [4.69, 9.17) is 4.74 Å². The molecule has 1 fully saturated rings. The predicted octanol–water partition coefficient (Wildman–Crippen LogP) is 3.00. The highest BCUT2D eigenvalue weighted by atomic mass is 79.9. The normalized spacial score (nSPS) is 15.1. The number of carbonyl (C=O) groups is 1. The van der Waals surface area contributed by atoms with Gasteiger partial charge < -0.3 is 15.4 Å². The monoisotopic (exact) mass is 354 g/mol. The number of ether oxygens (including phenoxy) is 1. The average molecular weight is 355 g/mol. The van der Waals surface area contributed by atoms with Gasteiger partial charge in [0.1, 0.15) is 5.75 Å². The Labute approximate surface area is 134 Å². The summed E-state index contributed by atoms with van der Waals surface area (Å²) < 4.78 is 6.47. The summed E-state index contributed by atoms with van der Waals surface area (Å²) in [7, 11) is 0. The van der Waals surface area contributed by atoms with Crippen molar-refractivity contribution in [2.24, 2.45) is 0 Å². The van der Waals surface area contributed by atoms with Crippen molar-refractivity contribution in [1.29, 1.82) is 0 Å². The summed E-state index contributed by atoms with van der Waals surface area (Å²) in [5.41, 5.74) is 1.19. The third-order valence-electron chi connectivity index (χ3n) is 3.65. The molecule has 1 aliphatic carbocycles. The number of benzene rings is 1. The Kier molecular flexibility index (Phi) is 6.51. The molecule has 0 spiro atoms. The van der Waals surface area contributed by atoms with E-state index >= 15 is 0 Å². The van der Waals surface area contributed by atoms with Crippen molar-refractivity contribution < 1.29 is 9.53 Å². The van der Waals surface area contributed by atoms with Gasteiger partial charge in [0.05, 0.1) is 4.47 Å². The Morgan fingerprint density at radius 3 is 2.81 bits per heavy atom. The third kappa shape index (κ3) is 5.32. The molecule has 21 heavy (non-hydrogen) atoms. The van der Waals surface area contributed by atoms with Crippen LogP contribution in [-0.2, 0) is 11.3 Å². The molecule has 1 aromatic carbocycles. The van der Waals surface area contributed by atoms with Crippen molar-refractivity contribution in [3.63, 3.8) is 0 Å². The van der Waals surface area contributed by atoms with Crippen LogP contribution < -0.4 is 15.4 Å². The maximum Gasteiger partial charge on any atom is 0.258 e. The lowest BCUT2D eigenvalue weighted by Crippen LogP contribution is -2.36. The molecule has 0 heterocycles. The molecule has 1 saturated carbocycles. The van der Waals surface area contributed by atoms with Crippen LogP contribution in [0.4, 0.5) is 0 Å². The standard InChI is InChI=1S/C16H23BrN2O2/c1-2-18-10-12-7-8-15(14(17)9-12)21-11-16(20)19-13-5-3-4-6-13/h7-9,13,18H,2-6,10-11H2,1H3,(H,19,20). The Morgan fingerprint density at radius 1 is 1.38 bits per heavy atom. The summed E-state index contributed by atoms with van der Waals surface area (Å²) in [4.78, 5) is 11.8. The second kappa shape index (κ2) is 8.39. The van der Waals surface area contributed by atoms with E-state index in [1.165, 1.54) is 18.4 Å². The SMILES string of the molecule is CCNCc1ccc(OCC(=O)NC2CCCC2)c(Br)c1. The molecule has 0 aromatic heterocycles. The molecule has 0 aliphatic heterocycles. The quantitative estimate of drug-likeness (QED) is 0.791. The highest BCUT2D eigenvalue weighted by Gasteiger charge is 2.17. The smallest absolute Gasteiger partial charge is 0.258 e. The van der Waals surface area contributed by atoms with Crippen LogP contribution in [0.1, 0.15) is 38.2 Å². The summed E-state index contributed by atoms with van der Waals surface area (Å²) in [5.74, 6) is 0.669. The lowest BCUT2D eigenvalue weighted by atomic mass is 10.2. The zero-order valence-electron chi connectivity index (χ0n) is 12.5. The molecule has 1 aliphatic rings. The first-order valence-corrected chi connectivity index (χ1v) is 8.39. The van der Waals surface area contributed by atoms with Gasteiger partial charge in [-0.05, 0) is 53.0 Å². The fourth-order valence-corrected chi connectivity index (χ4v) is 3.06. The highest BCUT2D eigenvalue weighted by molar-refractivity contribution is 9.10. The Balaban J connectivity index is 1.80. The van der Waals surface area contributed by atoms with Crippen LogP contribution in [0.2, 0.25) is 0 Å². The molecule has 116 valence electrons. The van der Waals surface area contributed by atoms with Gasteiger partial charge >= 0.3 is 0 Å². The minimum atomic E-state index is -0.0365. The summed E-state index contributed by atoms with van der Waals surface area (Å²) in [6.07, 6.45) is 4.61. The molecule has 0 radical (unpaired) electrons. The van der Waals surface area contributed by atoms with Crippen LogP contribution in [0.3, 0.4) is 0 Å². The van der Waals surface area contributed by atoms with E-state index in [-0.39, 0.29) is 12.5 Å². The Morgan fingerprint density at radius 2 is 2.14 bits per heavy atom.